The lowest BCUT2D eigenvalue weighted by molar-refractivity contribution is 0.102. The number of carbonyl (C=O) groups excluding carboxylic acids is 1. The van der Waals surface area contributed by atoms with Gasteiger partial charge in [-0.15, -0.1) is 0 Å². The van der Waals surface area contributed by atoms with Gasteiger partial charge in [-0.2, -0.15) is 0 Å². The van der Waals surface area contributed by atoms with E-state index in [2.05, 4.69) is 36.0 Å². The highest BCUT2D eigenvalue weighted by atomic mass is 79.9. The molecule has 0 aliphatic carbocycles. The summed E-state index contributed by atoms with van der Waals surface area (Å²) in [5.74, 6) is -0.308. The zero-order valence-corrected chi connectivity index (χ0v) is 10.2. The molecule has 1 heterocycles. The topological polar surface area (TPSA) is 93.8 Å². The van der Waals surface area contributed by atoms with Crippen molar-refractivity contribution in [3.63, 3.8) is 0 Å². The molecule has 0 fully saturated rings. The van der Waals surface area contributed by atoms with Crippen LogP contribution in [0.15, 0.2) is 22.7 Å². The first-order chi connectivity index (χ1) is 7.66. The van der Waals surface area contributed by atoms with Crippen molar-refractivity contribution in [1.82, 2.24) is 14.8 Å². The van der Waals surface area contributed by atoms with Crippen LogP contribution >= 0.6 is 27.5 Å². The van der Waals surface area contributed by atoms with E-state index >= 15 is 0 Å². The molecule has 0 radical (unpaired) electrons. The molecule has 0 atom stereocenters. The Labute approximate surface area is 103 Å². The van der Waals surface area contributed by atoms with Gasteiger partial charge >= 0.3 is 0 Å². The van der Waals surface area contributed by atoms with Crippen molar-refractivity contribution in [3.05, 3.63) is 28.2 Å². The van der Waals surface area contributed by atoms with E-state index in [1.54, 1.807) is 18.2 Å². The van der Waals surface area contributed by atoms with E-state index < -0.39 is 0 Å². The van der Waals surface area contributed by atoms with Gasteiger partial charge in [-0.1, -0.05) is 9.59 Å². The third kappa shape index (κ3) is 2.34. The maximum absolute atomic E-state index is 11.8. The van der Waals surface area contributed by atoms with Crippen LogP contribution in [0.2, 0.25) is 0 Å². The number of anilines is 2. The number of rotatable bonds is 2. The molecule has 3 N–H and O–H groups in total. The lowest BCUT2D eigenvalue weighted by atomic mass is 10.2. The van der Waals surface area contributed by atoms with Gasteiger partial charge in [0.15, 0.2) is 0 Å². The van der Waals surface area contributed by atoms with Crippen LogP contribution in [-0.4, -0.2) is 20.7 Å². The lowest BCUT2D eigenvalue weighted by Crippen LogP contribution is -2.12. The van der Waals surface area contributed by atoms with Gasteiger partial charge in [0.25, 0.3) is 5.91 Å². The molecule has 8 heteroatoms. The molecule has 2 aromatic rings. The van der Waals surface area contributed by atoms with Crippen molar-refractivity contribution in [2.24, 2.45) is 0 Å². The van der Waals surface area contributed by atoms with Gasteiger partial charge in [0.2, 0.25) is 5.13 Å². The van der Waals surface area contributed by atoms with E-state index in [4.69, 9.17) is 5.73 Å². The van der Waals surface area contributed by atoms with Gasteiger partial charge in [-0.05, 0) is 39.3 Å². The van der Waals surface area contributed by atoms with Crippen LogP contribution < -0.4 is 11.1 Å². The molecule has 82 valence electrons. The van der Waals surface area contributed by atoms with Gasteiger partial charge in [0.05, 0.1) is 5.56 Å². The van der Waals surface area contributed by atoms with Crippen molar-refractivity contribution in [2.75, 3.05) is 11.1 Å². The summed E-state index contributed by atoms with van der Waals surface area (Å²) in [5.41, 5.74) is 6.56. The zero-order chi connectivity index (χ0) is 11.5. The predicted molar refractivity (Wildman–Crippen MR) is 64.2 cm³/mol. The lowest BCUT2D eigenvalue weighted by Gasteiger charge is -2.04. The number of amides is 1. The van der Waals surface area contributed by atoms with E-state index in [1.165, 1.54) is 0 Å². The second-order valence-corrected chi connectivity index (χ2v) is 4.45. The van der Waals surface area contributed by atoms with Crippen molar-refractivity contribution in [2.45, 2.75) is 0 Å². The average Bonchev–Trinajstić information content (AvgIpc) is 2.74. The SMILES string of the molecule is Nc1ccc(Br)c(C(=O)Nc2nnns2)c1. The number of nitrogens with one attached hydrogen (secondary N) is 1. The van der Waals surface area contributed by atoms with Crippen molar-refractivity contribution in [1.29, 1.82) is 0 Å². The molecule has 0 aliphatic rings. The normalized spacial score (nSPS) is 10.1. The number of hydrogen-bond donors (Lipinski definition) is 2. The summed E-state index contributed by atoms with van der Waals surface area (Å²) >= 11 is 4.28. The van der Waals surface area contributed by atoms with Gasteiger partial charge in [-0.3, -0.25) is 10.1 Å². The molecule has 2 rings (SSSR count). The van der Waals surface area contributed by atoms with Crippen LogP contribution in [0.4, 0.5) is 10.8 Å². The molecule has 16 heavy (non-hydrogen) atoms. The van der Waals surface area contributed by atoms with Crippen molar-refractivity contribution >= 4 is 44.2 Å². The number of nitrogens with two attached hydrogens (primary N) is 1. The third-order valence-electron chi connectivity index (χ3n) is 1.75. The minimum atomic E-state index is -0.308. The fraction of sp³-hybridized carbons (Fsp3) is 0. The number of carbonyl (C=O) groups is 1. The molecule has 6 nitrogen and oxygen atoms in total. The molecular weight excluding hydrogens is 294 g/mol. The summed E-state index contributed by atoms with van der Waals surface area (Å²) in [5, 5.41) is 9.90. The summed E-state index contributed by atoms with van der Waals surface area (Å²) in [6.07, 6.45) is 0. The molecule has 1 aromatic carbocycles. The fourth-order valence-corrected chi connectivity index (χ4v) is 1.85. The third-order valence-corrected chi connectivity index (χ3v) is 2.96. The van der Waals surface area contributed by atoms with Crippen LogP contribution in [-0.2, 0) is 0 Å². The Kier molecular flexibility index (Phi) is 3.11. The van der Waals surface area contributed by atoms with Gasteiger partial charge < -0.3 is 5.73 Å². The molecule has 0 unspecified atom stereocenters. The molecule has 1 aromatic heterocycles. The molecule has 0 bridgehead atoms. The second kappa shape index (κ2) is 4.54. The number of halogens is 1. The summed E-state index contributed by atoms with van der Waals surface area (Å²) in [7, 11) is 0. The summed E-state index contributed by atoms with van der Waals surface area (Å²) in [6, 6.07) is 4.99. The first kappa shape index (κ1) is 11.0. The number of nitrogens with zero attached hydrogens (tertiary/aromatic N) is 3. The number of benzene rings is 1. The van der Waals surface area contributed by atoms with Gasteiger partial charge in [-0.25, -0.2) is 0 Å². The summed E-state index contributed by atoms with van der Waals surface area (Å²) in [4.78, 5) is 11.8. The van der Waals surface area contributed by atoms with Crippen LogP contribution in [0.5, 0.6) is 0 Å². The summed E-state index contributed by atoms with van der Waals surface area (Å²) in [6.45, 7) is 0. The predicted octanol–water partition coefficient (Wildman–Crippen LogP) is 1.53. The molecular formula is C8H6BrN5OS. The summed E-state index contributed by atoms with van der Waals surface area (Å²) < 4.78 is 4.20. The van der Waals surface area contributed by atoms with E-state index in [-0.39, 0.29) is 5.91 Å². The van der Waals surface area contributed by atoms with E-state index in [1.807, 2.05) is 0 Å². The van der Waals surface area contributed by atoms with E-state index in [0.717, 1.165) is 11.5 Å². The average molecular weight is 300 g/mol. The Morgan fingerprint density at radius 1 is 1.50 bits per heavy atom. The second-order valence-electron chi connectivity index (χ2n) is 2.86. The fourth-order valence-electron chi connectivity index (χ4n) is 1.06. The van der Waals surface area contributed by atoms with Gasteiger partial charge in [0, 0.05) is 21.7 Å². The number of aromatic nitrogens is 3. The highest BCUT2D eigenvalue weighted by Crippen LogP contribution is 2.20. The largest absolute Gasteiger partial charge is 0.399 e. The molecule has 1 amide bonds. The van der Waals surface area contributed by atoms with Crippen LogP contribution in [0.25, 0.3) is 0 Å². The maximum atomic E-state index is 11.8. The smallest absolute Gasteiger partial charge is 0.258 e. The Hall–Kier alpha value is -1.54. The van der Waals surface area contributed by atoms with Crippen molar-refractivity contribution in [3.8, 4) is 0 Å². The maximum Gasteiger partial charge on any atom is 0.258 e. The molecule has 0 saturated heterocycles. The first-order valence-corrected chi connectivity index (χ1v) is 5.75. The van der Waals surface area contributed by atoms with Crippen LogP contribution in [0.3, 0.4) is 0 Å². The highest BCUT2D eigenvalue weighted by molar-refractivity contribution is 9.10. The molecule has 0 aliphatic heterocycles. The zero-order valence-electron chi connectivity index (χ0n) is 7.85. The monoisotopic (exact) mass is 299 g/mol. The van der Waals surface area contributed by atoms with Crippen molar-refractivity contribution < 1.29 is 4.79 Å². The Bertz CT molecular complexity index is 515. The minimum Gasteiger partial charge on any atom is -0.399 e. The number of nitrogen functional groups attached to an aromatic ring is 1. The Balaban J connectivity index is 2.24. The Morgan fingerprint density at radius 3 is 3.00 bits per heavy atom. The molecule has 0 spiro atoms. The standard InChI is InChI=1S/C8H6BrN5OS/c9-6-2-1-4(10)3-5(6)7(15)11-8-12-13-14-16-8/h1-3H,10H2,(H,11,12,14,15). The molecule has 0 saturated carbocycles. The highest BCUT2D eigenvalue weighted by Gasteiger charge is 2.12. The minimum absolute atomic E-state index is 0.308. The van der Waals surface area contributed by atoms with Crippen LogP contribution in [0, 0.1) is 0 Å². The quantitative estimate of drug-likeness (QED) is 0.820. The van der Waals surface area contributed by atoms with Gasteiger partial charge in [0.1, 0.15) is 0 Å². The number of hydrogen-bond acceptors (Lipinski definition) is 6. The van der Waals surface area contributed by atoms with E-state index in [9.17, 15) is 4.79 Å². The Morgan fingerprint density at radius 2 is 2.31 bits per heavy atom. The first-order valence-electron chi connectivity index (χ1n) is 4.18. The van der Waals surface area contributed by atoms with E-state index in [0.29, 0.717) is 20.9 Å². The van der Waals surface area contributed by atoms with Crippen LogP contribution in [0.1, 0.15) is 10.4 Å².